The van der Waals surface area contributed by atoms with Crippen LogP contribution in [0.2, 0.25) is 5.02 Å². The molecule has 1 aromatic heterocycles. The van der Waals surface area contributed by atoms with E-state index in [2.05, 4.69) is 4.98 Å². The van der Waals surface area contributed by atoms with Gasteiger partial charge < -0.3 is 9.72 Å². The fourth-order valence-electron chi connectivity index (χ4n) is 1.31. The van der Waals surface area contributed by atoms with Gasteiger partial charge in [0.05, 0.1) is 10.9 Å². The van der Waals surface area contributed by atoms with E-state index in [4.69, 9.17) is 27.9 Å². The Morgan fingerprint density at radius 1 is 1.36 bits per heavy atom. The van der Waals surface area contributed by atoms with Crippen LogP contribution in [0.25, 0.3) is 10.9 Å². The van der Waals surface area contributed by atoms with Gasteiger partial charge in [-0.3, -0.25) is 0 Å². The summed E-state index contributed by atoms with van der Waals surface area (Å²) in [6.07, 6.45) is 1.87. The summed E-state index contributed by atoms with van der Waals surface area (Å²) in [5, 5.41) is 1.68. The Labute approximate surface area is 91.8 Å². The lowest BCUT2D eigenvalue weighted by Crippen LogP contribution is -1.98. The molecule has 0 spiro atoms. The molecule has 1 heterocycles. The summed E-state index contributed by atoms with van der Waals surface area (Å²) in [6, 6.07) is 5.72. The lowest BCUT2D eigenvalue weighted by molar-refractivity contribution is 0.343. The third kappa shape index (κ3) is 1.81. The third-order valence-electron chi connectivity index (χ3n) is 1.94. The van der Waals surface area contributed by atoms with Crippen LogP contribution in [0, 0.1) is 0 Å². The summed E-state index contributed by atoms with van der Waals surface area (Å²) in [5.41, 5.74) is 1.01. The Hall–Kier alpha value is -0.860. The molecule has 0 saturated heterocycles. The van der Waals surface area contributed by atoms with E-state index in [1.807, 2.05) is 24.4 Å². The van der Waals surface area contributed by atoms with Crippen LogP contribution in [-0.2, 0) is 0 Å². The lowest BCUT2D eigenvalue weighted by atomic mass is 10.2. The van der Waals surface area contributed by atoms with Crippen molar-refractivity contribution in [3.63, 3.8) is 0 Å². The van der Waals surface area contributed by atoms with Crippen molar-refractivity contribution in [2.24, 2.45) is 0 Å². The minimum atomic E-state index is 0.460. The zero-order valence-corrected chi connectivity index (χ0v) is 8.90. The van der Waals surface area contributed by atoms with Crippen LogP contribution in [0.3, 0.4) is 0 Å². The molecule has 0 amide bonds. The zero-order valence-electron chi connectivity index (χ0n) is 7.39. The fourth-order valence-corrected chi connectivity index (χ4v) is 1.61. The molecule has 1 aromatic carbocycles. The summed E-state index contributed by atoms with van der Waals surface area (Å²) in [7, 11) is 0. The summed E-state index contributed by atoms with van der Waals surface area (Å²) in [4.78, 5) is 3.08. The van der Waals surface area contributed by atoms with Gasteiger partial charge in [-0.25, -0.2) is 0 Å². The second-order valence-corrected chi connectivity index (χ2v) is 3.67. The number of aromatic amines is 1. The van der Waals surface area contributed by atoms with Gasteiger partial charge in [-0.05, 0) is 18.2 Å². The highest BCUT2D eigenvalue weighted by Crippen LogP contribution is 2.29. The molecule has 0 unspecified atom stereocenters. The number of benzene rings is 1. The van der Waals surface area contributed by atoms with Crippen LogP contribution in [0.1, 0.15) is 0 Å². The highest BCUT2D eigenvalue weighted by molar-refractivity contribution is 6.32. The van der Waals surface area contributed by atoms with Gasteiger partial charge in [-0.15, -0.1) is 11.6 Å². The van der Waals surface area contributed by atoms with Crippen molar-refractivity contribution in [1.82, 2.24) is 4.98 Å². The molecule has 1 N–H and O–H groups in total. The molecule has 0 radical (unpaired) electrons. The van der Waals surface area contributed by atoms with E-state index in [-0.39, 0.29) is 0 Å². The summed E-state index contributed by atoms with van der Waals surface area (Å²) in [6.45, 7) is 0.469. The van der Waals surface area contributed by atoms with Crippen LogP contribution in [0.5, 0.6) is 5.75 Å². The monoisotopic (exact) mass is 229 g/mol. The molecule has 14 heavy (non-hydrogen) atoms. The van der Waals surface area contributed by atoms with E-state index in [0.29, 0.717) is 23.3 Å². The van der Waals surface area contributed by atoms with Crippen molar-refractivity contribution in [2.45, 2.75) is 0 Å². The second-order valence-electron chi connectivity index (χ2n) is 2.88. The average Bonchev–Trinajstić information content (AvgIpc) is 2.61. The molecule has 4 heteroatoms. The highest BCUT2D eigenvalue weighted by atomic mass is 35.5. The topological polar surface area (TPSA) is 25.0 Å². The van der Waals surface area contributed by atoms with E-state index in [9.17, 15) is 0 Å². The zero-order chi connectivity index (χ0) is 9.97. The van der Waals surface area contributed by atoms with Gasteiger partial charge in [-0.1, -0.05) is 11.6 Å². The van der Waals surface area contributed by atoms with Crippen LogP contribution in [-0.4, -0.2) is 17.5 Å². The van der Waals surface area contributed by atoms with Crippen LogP contribution in [0.15, 0.2) is 24.4 Å². The molecule has 0 aliphatic rings. The first-order valence-electron chi connectivity index (χ1n) is 4.26. The van der Waals surface area contributed by atoms with E-state index in [1.165, 1.54) is 0 Å². The largest absolute Gasteiger partial charge is 0.491 e. The predicted octanol–water partition coefficient (Wildman–Crippen LogP) is 3.44. The lowest BCUT2D eigenvalue weighted by Gasteiger charge is -2.06. The van der Waals surface area contributed by atoms with Gasteiger partial charge in [0, 0.05) is 17.1 Å². The minimum Gasteiger partial charge on any atom is -0.491 e. The smallest absolute Gasteiger partial charge is 0.138 e. The molecule has 0 bridgehead atoms. The highest BCUT2D eigenvalue weighted by Gasteiger charge is 2.04. The maximum atomic E-state index is 6.01. The third-order valence-corrected chi connectivity index (χ3v) is 2.39. The first kappa shape index (κ1) is 9.69. The van der Waals surface area contributed by atoms with Crippen molar-refractivity contribution in [3.8, 4) is 5.75 Å². The van der Waals surface area contributed by atoms with E-state index < -0.39 is 0 Å². The number of hydrogen-bond acceptors (Lipinski definition) is 1. The van der Waals surface area contributed by atoms with Gasteiger partial charge in [0.25, 0.3) is 0 Å². The summed E-state index contributed by atoms with van der Waals surface area (Å²) >= 11 is 11.5. The Kier molecular flexibility index (Phi) is 2.85. The Bertz CT molecular complexity index is 439. The van der Waals surface area contributed by atoms with Crippen molar-refractivity contribution in [3.05, 3.63) is 29.4 Å². The number of ether oxygens (including phenoxy) is 1. The first-order chi connectivity index (χ1) is 6.81. The number of alkyl halides is 1. The van der Waals surface area contributed by atoms with Crippen LogP contribution >= 0.6 is 23.2 Å². The molecule has 0 aliphatic carbocycles. The van der Waals surface area contributed by atoms with Gasteiger partial charge in [0.1, 0.15) is 12.4 Å². The number of halogens is 2. The maximum absolute atomic E-state index is 6.01. The van der Waals surface area contributed by atoms with Crippen molar-refractivity contribution in [2.75, 3.05) is 12.5 Å². The van der Waals surface area contributed by atoms with Gasteiger partial charge in [0.2, 0.25) is 0 Å². The fraction of sp³-hybridized carbons (Fsp3) is 0.200. The number of fused-ring (bicyclic) bond motifs is 1. The van der Waals surface area contributed by atoms with Crippen molar-refractivity contribution in [1.29, 1.82) is 0 Å². The van der Waals surface area contributed by atoms with Crippen molar-refractivity contribution < 1.29 is 4.74 Å². The number of rotatable bonds is 3. The first-order valence-corrected chi connectivity index (χ1v) is 5.18. The number of H-pyrrole nitrogens is 1. The molecule has 0 aliphatic heterocycles. The molecule has 74 valence electrons. The van der Waals surface area contributed by atoms with Gasteiger partial charge in [-0.2, -0.15) is 0 Å². The predicted molar refractivity (Wildman–Crippen MR) is 59.5 cm³/mol. The van der Waals surface area contributed by atoms with Crippen molar-refractivity contribution >= 4 is 34.1 Å². The van der Waals surface area contributed by atoms with Gasteiger partial charge in [0.15, 0.2) is 0 Å². The summed E-state index contributed by atoms with van der Waals surface area (Å²) < 4.78 is 5.39. The molecule has 0 fully saturated rings. The number of hydrogen-bond donors (Lipinski definition) is 1. The SMILES string of the molecule is ClCCOc1cc2cc[nH]c2cc1Cl. The summed E-state index contributed by atoms with van der Waals surface area (Å²) in [5.74, 6) is 1.14. The van der Waals surface area contributed by atoms with E-state index in [0.717, 1.165) is 10.9 Å². The molecule has 2 nitrogen and oxygen atoms in total. The Morgan fingerprint density at radius 3 is 3.00 bits per heavy atom. The minimum absolute atomic E-state index is 0.460. The molecular formula is C10H9Cl2NO. The van der Waals surface area contributed by atoms with E-state index >= 15 is 0 Å². The normalized spacial score (nSPS) is 10.7. The maximum Gasteiger partial charge on any atom is 0.138 e. The molecular weight excluding hydrogens is 221 g/mol. The average molecular weight is 230 g/mol. The molecule has 0 atom stereocenters. The Morgan fingerprint density at radius 2 is 2.21 bits per heavy atom. The molecule has 2 rings (SSSR count). The van der Waals surface area contributed by atoms with E-state index in [1.54, 1.807) is 0 Å². The van der Waals surface area contributed by atoms with Gasteiger partial charge >= 0.3 is 0 Å². The standard InChI is InChI=1S/C10H9Cl2NO/c11-2-4-14-10-5-7-1-3-13-9(7)6-8(10)12/h1,3,5-6,13H,2,4H2. The number of nitrogens with one attached hydrogen (secondary N) is 1. The Balaban J connectivity index is 2.38. The molecule has 0 saturated carbocycles. The van der Waals surface area contributed by atoms with Crippen LogP contribution in [0.4, 0.5) is 0 Å². The second kappa shape index (κ2) is 4.11. The van der Waals surface area contributed by atoms with Crippen LogP contribution < -0.4 is 4.74 Å². The molecule has 2 aromatic rings. The quantitative estimate of drug-likeness (QED) is 0.802. The number of aromatic nitrogens is 1.